The monoisotopic (exact) mass is 224 g/mol. The van der Waals surface area contributed by atoms with E-state index in [2.05, 4.69) is 54.6 Å². The summed E-state index contributed by atoms with van der Waals surface area (Å²) in [5, 5.41) is 0. The molecule has 0 N–H and O–H groups in total. The smallest absolute Gasteiger partial charge is 0.0109 e. The molecule has 0 saturated heterocycles. The number of allylic oxidation sites excluding steroid dienone is 3. The molecule has 1 aromatic carbocycles. The molecule has 1 aromatic rings. The van der Waals surface area contributed by atoms with Gasteiger partial charge in [0.15, 0.2) is 0 Å². The molecule has 2 bridgehead atoms. The fraction of sp³-hybridized carbons (Fsp3) is 0.412. The largest absolute Gasteiger partial charge is 0.0848 e. The zero-order valence-electron chi connectivity index (χ0n) is 10.3. The van der Waals surface area contributed by atoms with Gasteiger partial charge in [-0.2, -0.15) is 0 Å². The summed E-state index contributed by atoms with van der Waals surface area (Å²) in [6, 6.07) is 10.6. The zero-order chi connectivity index (χ0) is 11.6. The Balaban J connectivity index is 1.53. The molecule has 2 atom stereocenters. The van der Waals surface area contributed by atoms with Crippen molar-refractivity contribution >= 4 is 6.08 Å². The molecule has 0 heteroatoms. The van der Waals surface area contributed by atoms with E-state index in [4.69, 9.17) is 0 Å². The van der Waals surface area contributed by atoms with Gasteiger partial charge in [0.25, 0.3) is 0 Å². The Labute approximate surface area is 104 Å². The normalized spacial score (nSPS) is 30.5. The lowest BCUT2D eigenvalue weighted by Gasteiger charge is -2.22. The summed E-state index contributed by atoms with van der Waals surface area (Å²) >= 11 is 0. The first-order valence-corrected chi connectivity index (χ1v) is 6.77. The molecule has 3 rings (SSSR count). The minimum atomic E-state index is 0.575. The van der Waals surface area contributed by atoms with Gasteiger partial charge in [-0.15, -0.1) is 0 Å². The molecule has 2 unspecified atom stereocenters. The van der Waals surface area contributed by atoms with Crippen molar-refractivity contribution in [1.82, 2.24) is 0 Å². The van der Waals surface area contributed by atoms with E-state index in [-0.39, 0.29) is 0 Å². The van der Waals surface area contributed by atoms with Crippen LogP contribution in [0.25, 0.3) is 6.08 Å². The average Bonchev–Trinajstić information content (AvgIpc) is 2.97. The molecule has 0 radical (unpaired) electrons. The summed E-state index contributed by atoms with van der Waals surface area (Å²) in [5.74, 6) is 0.910. The van der Waals surface area contributed by atoms with Crippen molar-refractivity contribution in [1.29, 1.82) is 0 Å². The van der Waals surface area contributed by atoms with Crippen molar-refractivity contribution in [2.24, 2.45) is 11.3 Å². The standard InChI is InChI=1S/C17H20/c1-2-6-15(7-3-1)8-4-5-11-17-12-9-16(14-17)10-13-17/h1-4,6-9,12,16H,5,10-11,13-14H2. The lowest BCUT2D eigenvalue weighted by molar-refractivity contribution is 0.374. The molecule has 1 fully saturated rings. The summed E-state index contributed by atoms with van der Waals surface area (Å²) in [6.45, 7) is 0. The highest BCUT2D eigenvalue weighted by Crippen LogP contribution is 2.51. The van der Waals surface area contributed by atoms with E-state index in [1.807, 2.05) is 0 Å². The van der Waals surface area contributed by atoms with Crippen LogP contribution in [0.15, 0.2) is 48.6 Å². The Morgan fingerprint density at radius 1 is 1.24 bits per heavy atom. The number of benzene rings is 1. The lowest BCUT2D eigenvalue weighted by atomic mass is 9.83. The molecule has 0 aromatic heterocycles. The van der Waals surface area contributed by atoms with E-state index in [0.717, 1.165) is 5.92 Å². The van der Waals surface area contributed by atoms with Crippen LogP contribution in [0, 0.1) is 11.3 Å². The Morgan fingerprint density at radius 3 is 2.76 bits per heavy atom. The van der Waals surface area contributed by atoms with Crippen molar-refractivity contribution in [3.8, 4) is 0 Å². The molecule has 17 heavy (non-hydrogen) atoms. The Kier molecular flexibility index (Phi) is 2.88. The maximum Gasteiger partial charge on any atom is -0.0109 e. The van der Waals surface area contributed by atoms with Crippen LogP contribution in [0.2, 0.25) is 0 Å². The molecular weight excluding hydrogens is 204 g/mol. The van der Waals surface area contributed by atoms with Crippen molar-refractivity contribution in [2.75, 3.05) is 0 Å². The van der Waals surface area contributed by atoms with Crippen LogP contribution in [-0.2, 0) is 0 Å². The molecule has 1 saturated carbocycles. The third-order valence-electron chi connectivity index (χ3n) is 4.32. The van der Waals surface area contributed by atoms with Crippen LogP contribution >= 0.6 is 0 Å². The second kappa shape index (κ2) is 4.52. The first-order valence-electron chi connectivity index (χ1n) is 6.77. The second-order valence-corrected chi connectivity index (χ2v) is 5.58. The maximum absolute atomic E-state index is 2.50. The molecular formula is C17H20. The topological polar surface area (TPSA) is 0 Å². The van der Waals surface area contributed by atoms with Gasteiger partial charge in [-0.3, -0.25) is 0 Å². The maximum atomic E-state index is 2.50. The van der Waals surface area contributed by atoms with Crippen LogP contribution in [0.3, 0.4) is 0 Å². The molecule has 0 nitrogen and oxygen atoms in total. The predicted octanol–water partition coefficient (Wildman–Crippen LogP) is 4.84. The van der Waals surface area contributed by atoms with E-state index >= 15 is 0 Å². The number of rotatable bonds is 4. The first kappa shape index (κ1) is 10.8. The minimum absolute atomic E-state index is 0.575. The fourth-order valence-electron chi connectivity index (χ4n) is 3.32. The van der Waals surface area contributed by atoms with Crippen molar-refractivity contribution in [3.05, 3.63) is 54.1 Å². The summed E-state index contributed by atoms with van der Waals surface area (Å²) in [4.78, 5) is 0. The van der Waals surface area contributed by atoms with E-state index in [1.54, 1.807) is 0 Å². The van der Waals surface area contributed by atoms with Gasteiger partial charge in [-0.05, 0) is 49.0 Å². The van der Waals surface area contributed by atoms with Crippen LogP contribution in [0.1, 0.15) is 37.7 Å². The molecule has 0 amide bonds. The van der Waals surface area contributed by atoms with Crippen LogP contribution in [0.5, 0.6) is 0 Å². The number of hydrogen-bond acceptors (Lipinski definition) is 0. The average molecular weight is 224 g/mol. The summed E-state index contributed by atoms with van der Waals surface area (Å²) in [7, 11) is 0. The highest BCUT2D eigenvalue weighted by Gasteiger charge is 2.39. The lowest BCUT2D eigenvalue weighted by Crippen LogP contribution is -2.10. The van der Waals surface area contributed by atoms with Crippen molar-refractivity contribution < 1.29 is 0 Å². The third-order valence-corrected chi connectivity index (χ3v) is 4.32. The van der Waals surface area contributed by atoms with Crippen LogP contribution in [-0.4, -0.2) is 0 Å². The van der Waals surface area contributed by atoms with Gasteiger partial charge in [0.1, 0.15) is 0 Å². The predicted molar refractivity (Wildman–Crippen MR) is 73.6 cm³/mol. The quantitative estimate of drug-likeness (QED) is 0.642. The molecule has 2 aliphatic rings. The van der Waals surface area contributed by atoms with Gasteiger partial charge in [-0.25, -0.2) is 0 Å². The van der Waals surface area contributed by atoms with Crippen LogP contribution < -0.4 is 0 Å². The van der Waals surface area contributed by atoms with Gasteiger partial charge < -0.3 is 0 Å². The van der Waals surface area contributed by atoms with Gasteiger partial charge in [-0.1, -0.05) is 54.6 Å². The summed E-state index contributed by atoms with van der Waals surface area (Å²) < 4.78 is 0. The third kappa shape index (κ3) is 2.36. The first-order chi connectivity index (χ1) is 8.36. The van der Waals surface area contributed by atoms with Gasteiger partial charge in [0.2, 0.25) is 0 Å². The number of hydrogen-bond donors (Lipinski definition) is 0. The summed E-state index contributed by atoms with van der Waals surface area (Å²) in [6.07, 6.45) is 16.4. The molecule has 0 aliphatic heterocycles. The summed E-state index contributed by atoms with van der Waals surface area (Å²) in [5.41, 5.74) is 1.89. The zero-order valence-corrected chi connectivity index (χ0v) is 10.3. The Morgan fingerprint density at radius 2 is 2.12 bits per heavy atom. The SMILES string of the molecule is C(=Cc1ccccc1)CCC12C=CC(CC1)C2. The van der Waals surface area contributed by atoms with E-state index in [0.29, 0.717) is 5.41 Å². The van der Waals surface area contributed by atoms with E-state index < -0.39 is 0 Å². The molecule has 2 aliphatic carbocycles. The van der Waals surface area contributed by atoms with Gasteiger partial charge in [0.05, 0.1) is 0 Å². The highest BCUT2D eigenvalue weighted by molar-refractivity contribution is 5.48. The Hall–Kier alpha value is -1.30. The van der Waals surface area contributed by atoms with E-state index in [1.165, 1.54) is 37.7 Å². The van der Waals surface area contributed by atoms with Gasteiger partial charge in [0, 0.05) is 0 Å². The molecule has 88 valence electrons. The second-order valence-electron chi connectivity index (χ2n) is 5.58. The minimum Gasteiger partial charge on any atom is -0.0848 e. The van der Waals surface area contributed by atoms with E-state index in [9.17, 15) is 0 Å². The number of fused-ring (bicyclic) bond motifs is 2. The van der Waals surface area contributed by atoms with Gasteiger partial charge >= 0.3 is 0 Å². The molecule has 0 spiro atoms. The highest BCUT2D eigenvalue weighted by atomic mass is 14.4. The molecule has 0 heterocycles. The van der Waals surface area contributed by atoms with Crippen molar-refractivity contribution in [2.45, 2.75) is 32.1 Å². The Bertz CT molecular complexity index is 427. The fourth-order valence-corrected chi connectivity index (χ4v) is 3.32. The van der Waals surface area contributed by atoms with Crippen LogP contribution in [0.4, 0.5) is 0 Å². The van der Waals surface area contributed by atoms with Crippen molar-refractivity contribution in [3.63, 3.8) is 0 Å².